The monoisotopic (exact) mass is 318 g/mol. The van der Waals surface area contributed by atoms with Crippen LogP contribution in [0.25, 0.3) is 0 Å². The fourth-order valence-electron chi connectivity index (χ4n) is 2.20. The number of nitrogens with zero attached hydrogens (tertiary/aromatic N) is 2. The fourth-order valence-corrected chi connectivity index (χ4v) is 2.20. The van der Waals surface area contributed by atoms with Crippen molar-refractivity contribution in [2.45, 2.75) is 37.3 Å². The van der Waals surface area contributed by atoms with Gasteiger partial charge in [-0.2, -0.15) is 0 Å². The Balaban J connectivity index is 2.33. The van der Waals surface area contributed by atoms with Crippen molar-refractivity contribution in [2.24, 2.45) is 5.84 Å². The van der Waals surface area contributed by atoms with Gasteiger partial charge in [0.25, 0.3) is 0 Å². The van der Waals surface area contributed by atoms with Crippen LogP contribution in [0.3, 0.4) is 0 Å². The number of nitrogens with one attached hydrogen (secondary N) is 1. The van der Waals surface area contributed by atoms with Gasteiger partial charge in [-0.15, -0.1) is 0 Å². The Morgan fingerprint density at radius 3 is 2.55 bits per heavy atom. The van der Waals surface area contributed by atoms with Crippen molar-refractivity contribution in [3.63, 3.8) is 0 Å². The van der Waals surface area contributed by atoms with Crippen molar-refractivity contribution >= 4 is 5.82 Å². The van der Waals surface area contributed by atoms with Gasteiger partial charge < -0.3 is 30.3 Å². The average Bonchev–Trinajstić information content (AvgIpc) is 2.52. The number of hydrogen-bond donors (Lipinski definition) is 7. The van der Waals surface area contributed by atoms with E-state index in [-0.39, 0.29) is 11.4 Å². The largest absolute Gasteiger partial charge is 0.394 e. The molecule has 1 aromatic heterocycles. The quantitative estimate of drug-likeness (QED) is 0.212. The zero-order valence-electron chi connectivity index (χ0n) is 11.4. The van der Waals surface area contributed by atoms with Crippen LogP contribution < -0.4 is 16.5 Å². The highest BCUT2D eigenvalue weighted by atomic mass is 16.6. The van der Waals surface area contributed by atoms with Crippen LogP contribution in [-0.2, 0) is 11.3 Å². The van der Waals surface area contributed by atoms with Crippen molar-refractivity contribution < 1.29 is 30.3 Å². The first-order chi connectivity index (χ1) is 10.4. The van der Waals surface area contributed by atoms with Crippen molar-refractivity contribution in [2.75, 3.05) is 11.6 Å². The number of aliphatic hydroxyl groups is 5. The highest BCUT2D eigenvalue weighted by Gasteiger charge is 2.45. The summed E-state index contributed by atoms with van der Waals surface area (Å²) in [6.07, 6.45) is -6.20. The Labute approximate surface area is 124 Å². The minimum Gasteiger partial charge on any atom is -0.394 e. The normalized spacial score (nSPS) is 32.0. The van der Waals surface area contributed by atoms with Gasteiger partial charge in [0.1, 0.15) is 30.2 Å². The van der Waals surface area contributed by atoms with Gasteiger partial charge in [-0.3, -0.25) is 9.99 Å². The molecule has 11 heteroatoms. The molecule has 0 amide bonds. The molecule has 0 saturated carbocycles. The van der Waals surface area contributed by atoms with E-state index in [4.69, 9.17) is 15.7 Å². The molecule has 8 N–H and O–H groups in total. The van der Waals surface area contributed by atoms with Crippen LogP contribution in [0.15, 0.2) is 11.0 Å². The third kappa shape index (κ3) is 2.96. The van der Waals surface area contributed by atoms with Crippen molar-refractivity contribution in [3.8, 4) is 0 Å². The zero-order valence-corrected chi connectivity index (χ0v) is 11.4. The third-order valence-electron chi connectivity index (χ3n) is 3.44. The molecule has 2 rings (SSSR count). The minimum absolute atomic E-state index is 0.0770. The van der Waals surface area contributed by atoms with Crippen LogP contribution in [-0.4, -0.2) is 72.8 Å². The molecule has 1 aliphatic heterocycles. The minimum atomic E-state index is -1.62. The van der Waals surface area contributed by atoms with E-state index in [0.29, 0.717) is 0 Å². The summed E-state index contributed by atoms with van der Waals surface area (Å²) in [6.45, 7) is -1.11. The summed E-state index contributed by atoms with van der Waals surface area (Å²) >= 11 is 0. The molecule has 1 aliphatic rings. The maximum atomic E-state index is 11.3. The molecule has 1 fully saturated rings. The summed E-state index contributed by atoms with van der Waals surface area (Å²) in [5.41, 5.74) is -0.591. The molecule has 0 spiro atoms. The Hall–Kier alpha value is -1.60. The molecule has 0 radical (unpaired) electrons. The average molecular weight is 318 g/mol. The second kappa shape index (κ2) is 6.66. The highest BCUT2D eigenvalue weighted by molar-refractivity contribution is 5.44. The van der Waals surface area contributed by atoms with Crippen LogP contribution in [0.5, 0.6) is 0 Å². The molecule has 1 saturated heterocycles. The van der Waals surface area contributed by atoms with E-state index in [1.54, 1.807) is 0 Å². The maximum Gasteiger partial charge on any atom is 0.346 e. The standard InChI is InChI=1S/C11H18N4O7/c12-15(9-4(2-16)1-13-11(21)14-9)10-8(20)7(19)6(18)5(3-17)22-10/h1,5-8,10,16-20H,2-3,12H2,(H,13,14,21)/t5-,6-,7+,8-,10?/m1/s1. The molecule has 2 heterocycles. The van der Waals surface area contributed by atoms with Gasteiger partial charge in [0, 0.05) is 11.8 Å². The van der Waals surface area contributed by atoms with E-state index in [1.165, 1.54) is 0 Å². The summed E-state index contributed by atoms with van der Waals surface area (Å²) in [7, 11) is 0. The number of ether oxygens (including phenoxy) is 1. The van der Waals surface area contributed by atoms with Gasteiger partial charge in [-0.25, -0.2) is 15.6 Å². The lowest BCUT2D eigenvalue weighted by Crippen LogP contribution is -2.65. The van der Waals surface area contributed by atoms with Crippen LogP contribution >= 0.6 is 0 Å². The van der Waals surface area contributed by atoms with Gasteiger partial charge in [0.05, 0.1) is 13.2 Å². The molecular formula is C11H18N4O7. The van der Waals surface area contributed by atoms with Gasteiger partial charge >= 0.3 is 5.69 Å². The van der Waals surface area contributed by atoms with Crippen LogP contribution in [0, 0.1) is 0 Å². The predicted molar refractivity (Wildman–Crippen MR) is 71.2 cm³/mol. The third-order valence-corrected chi connectivity index (χ3v) is 3.44. The second-order valence-electron chi connectivity index (χ2n) is 4.85. The van der Waals surface area contributed by atoms with E-state index in [1.807, 2.05) is 0 Å². The van der Waals surface area contributed by atoms with Gasteiger partial charge in [-0.1, -0.05) is 0 Å². The molecule has 22 heavy (non-hydrogen) atoms. The first-order valence-electron chi connectivity index (χ1n) is 6.44. The zero-order chi connectivity index (χ0) is 16.4. The number of rotatable bonds is 4. The lowest BCUT2D eigenvalue weighted by molar-refractivity contribution is -0.229. The molecular weight excluding hydrogens is 300 g/mol. The van der Waals surface area contributed by atoms with E-state index in [2.05, 4.69) is 9.97 Å². The van der Waals surface area contributed by atoms with Gasteiger partial charge in [-0.05, 0) is 0 Å². The number of aromatic amines is 1. The van der Waals surface area contributed by atoms with Crippen molar-refractivity contribution in [1.82, 2.24) is 9.97 Å². The fraction of sp³-hybridized carbons (Fsp3) is 0.636. The molecule has 0 aromatic carbocycles. The summed E-state index contributed by atoms with van der Waals surface area (Å²) in [6, 6.07) is 0. The lowest BCUT2D eigenvalue weighted by Gasteiger charge is -2.43. The molecule has 124 valence electrons. The van der Waals surface area contributed by atoms with E-state index in [0.717, 1.165) is 11.2 Å². The Morgan fingerprint density at radius 1 is 1.27 bits per heavy atom. The Bertz CT molecular complexity index is 566. The van der Waals surface area contributed by atoms with Crippen LogP contribution in [0.1, 0.15) is 5.56 Å². The molecule has 0 bridgehead atoms. The SMILES string of the molecule is NN(c1[nH]c(=O)ncc1CO)C1O[C@H](CO)[C@@H](O)[C@H](O)[C@H]1O. The lowest BCUT2D eigenvalue weighted by atomic mass is 9.98. The molecule has 5 atom stereocenters. The van der Waals surface area contributed by atoms with Gasteiger partial charge in [0.2, 0.25) is 0 Å². The van der Waals surface area contributed by atoms with Gasteiger partial charge in [0.15, 0.2) is 6.23 Å². The Kier molecular flexibility index (Phi) is 5.08. The second-order valence-corrected chi connectivity index (χ2v) is 4.85. The number of anilines is 1. The summed E-state index contributed by atoms with van der Waals surface area (Å²) < 4.78 is 5.25. The van der Waals surface area contributed by atoms with E-state index in [9.17, 15) is 25.2 Å². The maximum absolute atomic E-state index is 11.3. The molecule has 11 nitrogen and oxygen atoms in total. The van der Waals surface area contributed by atoms with E-state index < -0.39 is 49.5 Å². The van der Waals surface area contributed by atoms with Crippen molar-refractivity contribution in [1.29, 1.82) is 0 Å². The molecule has 0 aliphatic carbocycles. The van der Waals surface area contributed by atoms with E-state index >= 15 is 0 Å². The topological polar surface area (TPSA) is 185 Å². The number of hydrazine groups is 1. The van der Waals surface area contributed by atoms with Crippen LogP contribution in [0.2, 0.25) is 0 Å². The summed E-state index contributed by atoms with van der Waals surface area (Å²) in [4.78, 5) is 17.0. The molecule has 1 unspecified atom stereocenters. The summed E-state index contributed by atoms with van der Waals surface area (Å²) in [5.74, 6) is 5.72. The first kappa shape index (κ1) is 16.8. The predicted octanol–water partition coefficient (Wildman–Crippen LogP) is -4.26. The van der Waals surface area contributed by atoms with Crippen LogP contribution in [0.4, 0.5) is 5.82 Å². The summed E-state index contributed by atoms with van der Waals surface area (Å²) in [5, 5.41) is 48.6. The first-order valence-corrected chi connectivity index (χ1v) is 6.44. The Morgan fingerprint density at radius 2 is 1.95 bits per heavy atom. The number of H-pyrrole nitrogens is 1. The highest BCUT2D eigenvalue weighted by Crippen LogP contribution is 2.25. The molecule has 1 aromatic rings. The number of aliphatic hydroxyl groups excluding tert-OH is 5. The number of hydrogen-bond acceptors (Lipinski definition) is 10. The number of nitrogens with two attached hydrogens (primary N) is 1. The smallest absolute Gasteiger partial charge is 0.346 e. The number of aromatic nitrogens is 2. The van der Waals surface area contributed by atoms with Crippen molar-refractivity contribution in [3.05, 3.63) is 22.2 Å².